The highest BCUT2D eigenvalue weighted by atomic mass is 35.5. The SMILES string of the molecule is Cn1c[n+](C)cc1-c1ccc(C(=N)N)cc1.[Cl-]. The maximum Gasteiger partial charge on any atom is 0.243 e. The van der Waals surface area contributed by atoms with Gasteiger partial charge in [0.25, 0.3) is 0 Å². The minimum atomic E-state index is 0. The van der Waals surface area contributed by atoms with Gasteiger partial charge in [0.05, 0.1) is 14.1 Å². The first-order chi connectivity index (χ1) is 7.58. The Kier molecular flexibility index (Phi) is 3.91. The molecule has 0 atom stereocenters. The maximum absolute atomic E-state index is 7.33. The van der Waals surface area contributed by atoms with Gasteiger partial charge in [-0.1, -0.05) is 12.1 Å². The van der Waals surface area contributed by atoms with Crippen molar-refractivity contribution in [2.75, 3.05) is 0 Å². The van der Waals surface area contributed by atoms with E-state index in [-0.39, 0.29) is 18.2 Å². The molecule has 0 bridgehead atoms. The molecule has 1 heterocycles. The second kappa shape index (κ2) is 5.01. The summed E-state index contributed by atoms with van der Waals surface area (Å²) >= 11 is 0. The fourth-order valence-electron chi connectivity index (χ4n) is 1.75. The van der Waals surface area contributed by atoms with Crippen LogP contribution in [0, 0.1) is 5.41 Å². The van der Waals surface area contributed by atoms with Crippen LogP contribution >= 0.6 is 0 Å². The Labute approximate surface area is 107 Å². The molecule has 0 aliphatic heterocycles. The summed E-state index contributed by atoms with van der Waals surface area (Å²) in [7, 11) is 4.00. The minimum Gasteiger partial charge on any atom is -1.00 e. The fourth-order valence-corrected chi connectivity index (χ4v) is 1.75. The van der Waals surface area contributed by atoms with Crippen LogP contribution in [-0.2, 0) is 14.1 Å². The molecule has 0 fully saturated rings. The molecular formula is C12H15ClN4. The van der Waals surface area contributed by atoms with E-state index < -0.39 is 0 Å². The Morgan fingerprint density at radius 2 is 1.88 bits per heavy atom. The molecule has 5 heteroatoms. The van der Waals surface area contributed by atoms with E-state index in [1.807, 2.05) is 49.3 Å². The van der Waals surface area contributed by atoms with E-state index in [0.717, 1.165) is 16.8 Å². The fraction of sp³-hybridized carbons (Fsp3) is 0.167. The highest BCUT2D eigenvalue weighted by Crippen LogP contribution is 2.17. The van der Waals surface area contributed by atoms with Crippen LogP contribution in [0.2, 0.25) is 0 Å². The molecule has 17 heavy (non-hydrogen) atoms. The van der Waals surface area contributed by atoms with Gasteiger partial charge in [-0.3, -0.25) is 5.41 Å². The van der Waals surface area contributed by atoms with E-state index >= 15 is 0 Å². The molecule has 0 spiro atoms. The largest absolute Gasteiger partial charge is 1.00 e. The number of hydrogen-bond acceptors (Lipinski definition) is 1. The molecule has 1 aromatic heterocycles. The van der Waals surface area contributed by atoms with Gasteiger partial charge in [0.15, 0.2) is 5.69 Å². The van der Waals surface area contributed by atoms with Crippen molar-refractivity contribution in [3.63, 3.8) is 0 Å². The predicted octanol–water partition coefficient (Wildman–Crippen LogP) is -2.20. The van der Waals surface area contributed by atoms with Gasteiger partial charge in [0.1, 0.15) is 12.0 Å². The zero-order valence-electron chi connectivity index (χ0n) is 9.81. The lowest BCUT2D eigenvalue weighted by molar-refractivity contribution is -0.670. The number of benzene rings is 1. The van der Waals surface area contributed by atoms with Crippen LogP contribution in [0.5, 0.6) is 0 Å². The molecule has 90 valence electrons. The average molecular weight is 251 g/mol. The van der Waals surface area contributed by atoms with Crippen molar-refractivity contribution in [1.82, 2.24) is 4.57 Å². The lowest BCUT2D eigenvalue weighted by Crippen LogP contribution is -3.00. The summed E-state index contributed by atoms with van der Waals surface area (Å²) in [6, 6.07) is 7.69. The van der Waals surface area contributed by atoms with Crippen LogP contribution in [0.3, 0.4) is 0 Å². The first kappa shape index (κ1) is 13.3. The second-order valence-electron chi connectivity index (χ2n) is 3.90. The summed E-state index contributed by atoms with van der Waals surface area (Å²) in [4.78, 5) is 0. The number of nitrogens with zero attached hydrogens (tertiary/aromatic N) is 2. The zero-order valence-corrected chi connectivity index (χ0v) is 10.6. The van der Waals surface area contributed by atoms with E-state index in [2.05, 4.69) is 10.8 Å². The van der Waals surface area contributed by atoms with E-state index in [0.29, 0.717) is 0 Å². The van der Waals surface area contributed by atoms with E-state index in [4.69, 9.17) is 11.1 Å². The smallest absolute Gasteiger partial charge is 0.243 e. The van der Waals surface area contributed by atoms with E-state index in [1.165, 1.54) is 0 Å². The second-order valence-corrected chi connectivity index (χ2v) is 3.90. The normalized spacial score (nSPS) is 9.76. The van der Waals surface area contributed by atoms with Gasteiger partial charge in [0, 0.05) is 11.1 Å². The van der Waals surface area contributed by atoms with Crippen molar-refractivity contribution in [2.24, 2.45) is 19.8 Å². The third-order valence-electron chi connectivity index (χ3n) is 2.55. The number of nitrogens with one attached hydrogen (secondary N) is 1. The molecule has 0 saturated heterocycles. The number of halogens is 1. The van der Waals surface area contributed by atoms with Crippen LogP contribution in [0.1, 0.15) is 5.56 Å². The van der Waals surface area contributed by atoms with E-state index in [1.54, 1.807) is 0 Å². The third-order valence-corrected chi connectivity index (χ3v) is 2.55. The molecule has 1 aromatic carbocycles. The number of nitrogen functional groups attached to an aromatic ring is 1. The summed E-state index contributed by atoms with van der Waals surface area (Å²) in [5, 5.41) is 7.33. The first-order valence-electron chi connectivity index (χ1n) is 5.04. The van der Waals surface area contributed by atoms with Gasteiger partial charge in [0.2, 0.25) is 6.33 Å². The molecule has 2 aromatic rings. The summed E-state index contributed by atoms with van der Waals surface area (Å²) in [5.41, 5.74) is 8.42. The van der Waals surface area contributed by atoms with Crippen molar-refractivity contribution in [3.8, 4) is 11.3 Å². The van der Waals surface area contributed by atoms with Crippen LogP contribution < -0.4 is 22.7 Å². The maximum atomic E-state index is 7.33. The lowest BCUT2D eigenvalue weighted by Gasteiger charge is -2.00. The monoisotopic (exact) mass is 250 g/mol. The molecule has 0 saturated carbocycles. The molecule has 4 nitrogen and oxygen atoms in total. The predicted molar refractivity (Wildman–Crippen MR) is 63.0 cm³/mol. The Balaban J connectivity index is 0.00000144. The minimum absolute atomic E-state index is 0. The van der Waals surface area contributed by atoms with Crippen LogP contribution in [0.15, 0.2) is 36.8 Å². The topological polar surface area (TPSA) is 58.7 Å². The number of nitrogens with two attached hydrogens (primary N) is 1. The summed E-state index contributed by atoms with van der Waals surface area (Å²) in [5.74, 6) is 0.101. The van der Waals surface area contributed by atoms with Crippen molar-refractivity contribution in [2.45, 2.75) is 0 Å². The Hall–Kier alpha value is -1.81. The number of aromatic nitrogens is 2. The molecule has 3 N–H and O–H groups in total. The van der Waals surface area contributed by atoms with Crippen LogP contribution in [-0.4, -0.2) is 10.4 Å². The molecule has 0 amide bonds. The Bertz CT molecular complexity index is 528. The first-order valence-corrected chi connectivity index (χ1v) is 5.04. The zero-order chi connectivity index (χ0) is 11.7. The van der Waals surface area contributed by atoms with Gasteiger partial charge in [-0.15, -0.1) is 0 Å². The van der Waals surface area contributed by atoms with Gasteiger partial charge < -0.3 is 18.1 Å². The van der Waals surface area contributed by atoms with Crippen molar-refractivity contribution < 1.29 is 17.0 Å². The van der Waals surface area contributed by atoms with Gasteiger partial charge in [-0.25, -0.2) is 9.13 Å². The quantitative estimate of drug-likeness (QED) is 0.355. The number of hydrogen-bond donors (Lipinski definition) is 2. The van der Waals surface area contributed by atoms with Gasteiger partial charge >= 0.3 is 0 Å². The lowest BCUT2D eigenvalue weighted by atomic mass is 10.1. The number of amidine groups is 1. The molecule has 0 aliphatic rings. The highest BCUT2D eigenvalue weighted by molar-refractivity contribution is 5.95. The highest BCUT2D eigenvalue weighted by Gasteiger charge is 2.10. The Morgan fingerprint density at radius 1 is 1.29 bits per heavy atom. The number of rotatable bonds is 2. The standard InChI is InChI=1S/C12H15N4.ClH/c1-15-7-11(16(2)8-15)9-3-5-10(6-4-9)12(13)14;/h3-8H,1-2H3,(H3,13,14);1H/q+1;/p-1. The third kappa shape index (κ3) is 2.65. The summed E-state index contributed by atoms with van der Waals surface area (Å²) in [6.07, 6.45) is 4.07. The Morgan fingerprint density at radius 3 is 2.29 bits per heavy atom. The average Bonchev–Trinajstić information content (AvgIpc) is 2.58. The molecule has 2 rings (SSSR count). The number of imidazole rings is 1. The van der Waals surface area contributed by atoms with Crippen LogP contribution in [0.25, 0.3) is 11.3 Å². The van der Waals surface area contributed by atoms with E-state index in [9.17, 15) is 0 Å². The van der Waals surface area contributed by atoms with Crippen molar-refractivity contribution >= 4 is 5.84 Å². The summed E-state index contributed by atoms with van der Waals surface area (Å²) in [6.45, 7) is 0. The van der Waals surface area contributed by atoms with Crippen LogP contribution in [0.4, 0.5) is 0 Å². The van der Waals surface area contributed by atoms with Crippen molar-refractivity contribution in [1.29, 1.82) is 5.41 Å². The number of aryl methyl sites for hydroxylation is 2. The van der Waals surface area contributed by atoms with Gasteiger partial charge in [-0.05, 0) is 12.1 Å². The molecule has 0 radical (unpaired) electrons. The summed E-state index contributed by atoms with van der Waals surface area (Å²) < 4.78 is 4.07. The molecule has 0 aliphatic carbocycles. The van der Waals surface area contributed by atoms with Crippen molar-refractivity contribution in [3.05, 3.63) is 42.4 Å². The van der Waals surface area contributed by atoms with Gasteiger partial charge in [-0.2, -0.15) is 0 Å². The molecule has 0 unspecified atom stereocenters. The molecular weight excluding hydrogens is 236 g/mol.